The van der Waals surface area contributed by atoms with Gasteiger partial charge in [-0.25, -0.2) is 4.72 Å². The van der Waals surface area contributed by atoms with E-state index in [1.165, 1.54) is 7.05 Å². The topological polar surface area (TPSA) is 84.2 Å². The summed E-state index contributed by atoms with van der Waals surface area (Å²) in [5.74, 6) is 0. The molecule has 0 amide bonds. The highest BCUT2D eigenvalue weighted by Crippen LogP contribution is 2.23. The molecule has 0 saturated carbocycles. The van der Waals surface area contributed by atoms with Crippen molar-refractivity contribution in [1.29, 1.82) is 0 Å². The lowest BCUT2D eigenvalue weighted by Gasteiger charge is -2.13. The summed E-state index contributed by atoms with van der Waals surface area (Å²) in [4.78, 5) is 0. The van der Waals surface area contributed by atoms with E-state index < -0.39 is 10.2 Å². The first-order valence-corrected chi connectivity index (χ1v) is 5.92. The van der Waals surface area contributed by atoms with Crippen LogP contribution in [0.1, 0.15) is 11.1 Å². The molecule has 1 rings (SSSR count). The second kappa shape index (κ2) is 4.08. The molecule has 0 atom stereocenters. The largest absolute Gasteiger partial charge is 0.399 e. The summed E-state index contributed by atoms with van der Waals surface area (Å²) in [7, 11) is -2.12. The summed E-state index contributed by atoms with van der Waals surface area (Å²) in [6.07, 6.45) is 0. The lowest BCUT2D eigenvalue weighted by atomic mass is 10.1. The lowest BCUT2D eigenvalue weighted by Crippen LogP contribution is -2.27. The molecule has 1 aromatic rings. The molecule has 5 nitrogen and oxygen atoms in total. The summed E-state index contributed by atoms with van der Waals surface area (Å²) in [5.41, 5.74) is 8.42. The van der Waals surface area contributed by atoms with E-state index in [1.54, 1.807) is 26.0 Å². The van der Waals surface area contributed by atoms with Gasteiger partial charge in [0, 0.05) is 12.7 Å². The molecule has 0 aromatic heterocycles. The predicted octanol–water partition coefficient (Wildman–Crippen LogP) is 0.762. The van der Waals surface area contributed by atoms with Crippen molar-refractivity contribution >= 4 is 21.6 Å². The van der Waals surface area contributed by atoms with E-state index in [4.69, 9.17) is 5.73 Å². The van der Waals surface area contributed by atoms with Crippen LogP contribution in [0.4, 0.5) is 11.4 Å². The smallest absolute Gasteiger partial charge is 0.298 e. The second-order valence-electron chi connectivity index (χ2n) is 3.34. The number of nitrogen functional groups attached to an aromatic ring is 1. The molecule has 0 radical (unpaired) electrons. The van der Waals surface area contributed by atoms with E-state index in [0.717, 1.165) is 11.1 Å². The minimum absolute atomic E-state index is 0.568. The Morgan fingerprint density at radius 2 is 1.67 bits per heavy atom. The highest BCUT2D eigenvalue weighted by Gasteiger charge is 2.11. The Morgan fingerprint density at radius 1 is 1.20 bits per heavy atom. The second-order valence-corrected chi connectivity index (χ2v) is 4.96. The monoisotopic (exact) mass is 229 g/mol. The maximum Gasteiger partial charge on any atom is 0.298 e. The van der Waals surface area contributed by atoms with Crippen LogP contribution in [0.2, 0.25) is 0 Å². The van der Waals surface area contributed by atoms with E-state index in [0.29, 0.717) is 11.4 Å². The van der Waals surface area contributed by atoms with Crippen LogP contribution in [0.15, 0.2) is 12.1 Å². The highest BCUT2D eigenvalue weighted by molar-refractivity contribution is 7.90. The third kappa shape index (κ3) is 2.84. The van der Waals surface area contributed by atoms with Crippen molar-refractivity contribution in [3.63, 3.8) is 0 Å². The first kappa shape index (κ1) is 11.8. The molecule has 0 saturated heterocycles. The zero-order valence-electron chi connectivity index (χ0n) is 8.96. The molecular formula is C9H15N3O2S. The normalized spacial score (nSPS) is 11.4. The molecule has 0 unspecified atom stereocenters. The van der Waals surface area contributed by atoms with Crippen LogP contribution < -0.4 is 15.2 Å². The number of anilines is 2. The van der Waals surface area contributed by atoms with Gasteiger partial charge in [-0.1, -0.05) is 0 Å². The average molecular weight is 229 g/mol. The Bertz CT molecular complexity index is 445. The highest BCUT2D eigenvalue weighted by atomic mass is 32.2. The van der Waals surface area contributed by atoms with Gasteiger partial charge in [-0.15, -0.1) is 0 Å². The van der Waals surface area contributed by atoms with Crippen molar-refractivity contribution in [1.82, 2.24) is 4.72 Å². The Hall–Kier alpha value is -1.27. The molecule has 0 aliphatic heterocycles. The molecule has 0 fully saturated rings. The third-order valence-electron chi connectivity index (χ3n) is 2.06. The van der Waals surface area contributed by atoms with Crippen LogP contribution in [0.3, 0.4) is 0 Å². The van der Waals surface area contributed by atoms with Crippen molar-refractivity contribution in [2.45, 2.75) is 13.8 Å². The maximum atomic E-state index is 11.3. The Morgan fingerprint density at radius 3 is 2.07 bits per heavy atom. The fourth-order valence-electron chi connectivity index (χ4n) is 1.34. The molecule has 0 heterocycles. The van der Waals surface area contributed by atoms with E-state index in [2.05, 4.69) is 9.44 Å². The fraction of sp³-hybridized carbons (Fsp3) is 0.333. The van der Waals surface area contributed by atoms with Gasteiger partial charge < -0.3 is 5.73 Å². The van der Waals surface area contributed by atoms with Gasteiger partial charge in [0.1, 0.15) is 0 Å². The van der Waals surface area contributed by atoms with Crippen molar-refractivity contribution in [2.75, 3.05) is 17.5 Å². The zero-order valence-corrected chi connectivity index (χ0v) is 9.77. The van der Waals surface area contributed by atoms with Crippen LogP contribution in [0.25, 0.3) is 0 Å². The third-order valence-corrected chi connectivity index (χ3v) is 3.07. The van der Waals surface area contributed by atoms with Crippen molar-refractivity contribution in [2.24, 2.45) is 0 Å². The number of hydrogen-bond acceptors (Lipinski definition) is 3. The Kier molecular flexibility index (Phi) is 3.21. The van der Waals surface area contributed by atoms with Gasteiger partial charge in [-0.05, 0) is 37.1 Å². The van der Waals surface area contributed by atoms with Crippen LogP contribution >= 0.6 is 0 Å². The lowest BCUT2D eigenvalue weighted by molar-refractivity contribution is 0.593. The van der Waals surface area contributed by atoms with Gasteiger partial charge in [-0.2, -0.15) is 8.42 Å². The van der Waals surface area contributed by atoms with Gasteiger partial charge in [0.2, 0.25) is 0 Å². The van der Waals surface area contributed by atoms with Crippen LogP contribution in [-0.4, -0.2) is 15.5 Å². The first-order valence-electron chi connectivity index (χ1n) is 4.43. The maximum absolute atomic E-state index is 11.3. The summed E-state index contributed by atoms with van der Waals surface area (Å²) in [6.45, 7) is 3.60. The van der Waals surface area contributed by atoms with Gasteiger partial charge in [-0.3, -0.25) is 4.72 Å². The van der Waals surface area contributed by atoms with Gasteiger partial charge in [0.15, 0.2) is 0 Å². The van der Waals surface area contributed by atoms with Crippen LogP contribution in [-0.2, 0) is 10.2 Å². The van der Waals surface area contributed by atoms with Crippen molar-refractivity contribution in [3.8, 4) is 0 Å². The minimum atomic E-state index is -3.47. The number of rotatable bonds is 3. The quantitative estimate of drug-likeness (QED) is 0.669. The van der Waals surface area contributed by atoms with E-state index in [-0.39, 0.29) is 0 Å². The number of nitrogens with two attached hydrogens (primary N) is 1. The molecule has 6 heteroatoms. The molecule has 0 aliphatic rings. The average Bonchev–Trinajstić information content (AvgIpc) is 2.11. The summed E-state index contributed by atoms with van der Waals surface area (Å²) in [5, 5.41) is 0. The summed E-state index contributed by atoms with van der Waals surface area (Å²) < 4.78 is 27.2. The van der Waals surface area contributed by atoms with Gasteiger partial charge >= 0.3 is 0 Å². The molecule has 1 aromatic carbocycles. The Balaban J connectivity index is 3.17. The van der Waals surface area contributed by atoms with Crippen LogP contribution in [0, 0.1) is 13.8 Å². The van der Waals surface area contributed by atoms with Gasteiger partial charge in [0.25, 0.3) is 10.2 Å². The standard InChI is InChI=1S/C9H15N3O2S/c1-6-4-8(10)5-7(2)9(6)12-15(13,14)11-3/h4-5,11-12H,10H2,1-3H3. The molecule has 0 aliphatic carbocycles. The zero-order chi connectivity index (χ0) is 11.6. The number of aryl methyl sites for hydroxylation is 2. The van der Waals surface area contributed by atoms with Gasteiger partial charge in [0.05, 0.1) is 5.69 Å². The number of benzene rings is 1. The SMILES string of the molecule is CNS(=O)(=O)Nc1c(C)cc(N)cc1C. The molecule has 0 bridgehead atoms. The van der Waals surface area contributed by atoms with Crippen molar-refractivity contribution < 1.29 is 8.42 Å². The Labute approximate surface area is 89.9 Å². The molecular weight excluding hydrogens is 214 g/mol. The molecule has 0 spiro atoms. The molecule has 4 N–H and O–H groups in total. The fourth-order valence-corrected chi connectivity index (χ4v) is 2.04. The summed E-state index contributed by atoms with van der Waals surface area (Å²) in [6, 6.07) is 3.45. The number of hydrogen-bond donors (Lipinski definition) is 3. The number of nitrogens with one attached hydrogen (secondary N) is 2. The summed E-state index contributed by atoms with van der Waals surface area (Å²) >= 11 is 0. The van der Waals surface area contributed by atoms with Crippen LogP contribution in [0.5, 0.6) is 0 Å². The van der Waals surface area contributed by atoms with Crippen molar-refractivity contribution in [3.05, 3.63) is 23.3 Å². The minimum Gasteiger partial charge on any atom is -0.399 e. The van der Waals surface area contributed by atoms with E-state index in [9.17, 15) is 8.42 Å². The predicted molar refractivity (Wildman–Crippen MR) is 61.9 cm³/mol. The van der Waals surface area contributed by atoms with E-state index >= 15 is 0 Å². The first-order chi connectivity index (χ1) is 6.85. The van der Waals surface area contributed by atoms with E-state index in [1.807, 2.05) is 0 Å². The molecule has 84 valence electrons. The molecule has 15 heavy (non-hydrogen) atoms.